The summed E-state index contributed by atoms with van der Waals surface area (Å²) in [5.41, 5.74) is -0.352. The van der Waals surface area contributed by atoms with E-state index in [4.69, 9.17) is 9.15 Å². The molecule has 2 N–H and O–H groups in total. The van der Waals surface area contributed by atoms with E-state index < -0.39 is 17.2 Å². The van der Waals surface area contributed by atoms with Gasteiger partial charge in [0, 0.05) is 18.2 Å². The monoisotopic (exact) mass is 320 g/mol. The van der Waals surface area contributed by atoms with Crippen molar-refractivity contribution in [2.24, 2.45) is 0 Å². The van der Waals surface area contributed by atoms with Crippen molar-refractivity contribution in [1.29, 1.82) is 0 Å². The van der Waals surface area contributed by atoms with Crippen LogP contribution in [0, 0.1) is 5.82 Å². The van der Waals surface area contributed by atoms with E-state index in [2.05, 4.69) is 10.6 Å². The lowest BCUT2D eigenvalue weighted by atomic mass is 10.1. The number of amides is 1. The number of nitrogens with one attached hydrogen (secondary N) is 2. The van der Waals surface area contributed by atoms with Crippen LogP contribution in [0.25, 0.3) is 11.0 Å². The molecule has 0 spiro atoms. The highest BCUT2D eigenvalue weighted by Crippen LogP contribution is 2.23. The highest BCUT2D eigenvalue weighted by molar-refractivity contribution is 5.93. The van der Waals surface area contributed by atoms with E-state index in [1.54, 1.807) is 0 Å². The van der Waals surface area contributed by atoms with Crippen LogP contribution in [0.2, 0.25) is 0 Å². The quantitative estimate of drug-likeness (QED) is 0.894. The molecule has 2 heterocycles. The summed E-state index contributed by atoms with van der Waals surface area (Å²) in [5, 5.41) is 6.13. The number of ether oxygens (including phenoxy) is 1. The molecule has 7 heteroatoms. The van der Waals surface area contributed by atoms with Crippen molar-refractivity contribution in [1.82, 2.24) is 10.6 Å². The lowest BCUT2D eigenvalue weighted by Gasteiger charge is -2.23. The highest BCUT2D eigenvalue weighted by atomic mass is 19.1. The molecule has 3 rings (SSSR count). The largest absolute Gasteiger partial charge is 0.494 e. The van der Waals surface area contributed by atoms with Crippen molar-refractivity contribution in [3.63, 3.8) is 0 Å². The predicted molar refractivity (Wildman–Crippen MR) is 82.4 cm³/mol. The molecule has 1 aromatic carbocycles. The average molecular weight is 320 g/mol. The third kappa shape index (κ3) is 3.19. The Bertz CT molecular complexity index is 797. The maximum absolute atomic E-state index is 13.7. The normalized spacial score (nSPS) is 15.6. The number of hydrogen-bond acceptors (Lipinski definition) is 5. The lowest BCUT2D eigenvalue weighted by Crippen LogP contribution is -2.42. The van der Waals surface area contributed by atoms with Crippen LogP contribution >= 0.6 is 0 Å². The number of hydrogen-bond donors (Lipinski definition) is 2. The molecule has 0 bridgehead atoms. The summed E-state index contributed by atoms with van der Waals surface area (Å²) in [5.74, 6) is -1.23. The molecule has 6 nitrogen and oxygen atoms in total. The number of halogens is 1. The zero-order chi connectivity index (χ0) is 16.4. The third-order valence-electron chi connectivity index (χ3n) is 3.90. The van der Waals surface area contributed by atoms with Crippen molar-refractivity contribution in [3.8, 4) is 5.75 Å². The fraction of sp³-hybridized carbons (Fsp3) is 0.375. The number of methoxy groups -OCH3 is 1. The van der Waals surface area contributed by atoms with Gasteiger partial charge in [-0.25, -0.2) is 4.39 Å². The molecule has 0 aliphatic carbocycles. The molecule has 0 unspecified atom stereocenters. The third-order valence-corrected chi connectivity index (χ3v) is 3.90. The van der Waals surface area contributed by atoms with E-state index in [1.165, 1.54) is 13.2 Å². The fourth-order valence-corrected chi connectivity index (χ4v) is 2.65. The molecule has 2 aromatic rings. The van der Waals surface area contributed by atoms with Gasteiger partial charge in [0.2, 0.25) is 0 Å². The first kappa shape index (κ1) is 15.5. The van der Waals surface area contributed by atoms with Gasteiger partial charge in [0.05, 0.1) is 12.5 Å². The Hall–Kier alpha value is -2.41. The van der Waals surface area contributed by atoms with Crippen LogP contribution in [-0.4, -0.2) is 32.1 Å². The van der Waals surface area contributed by atoms with Gasteiger partial charge in [-0.1, -0.05) is 0 Å². The summed E-state index contributed by atoms with van der Waals surface area (Å²) in [6, 6.07) is 3.46. The summed E-state index contributed by atoms with van der Waals surface area (Å²) in [7, 11) is 1.32. The standard InChI is InChI=1S/C16H17FN2O4/c1-22-14-8-13-10(6-11(14)17)12(20)7-15(23-13)16(21)19-9-2-4-18-5-3-9/h6-9,18H,2-5H2,1H3,(H,19,21). The summed E-state index contributed by atoms with van der Waals surface area (Å²) in [4.78, 5) is 24.4. The first-order valence-electron chi connectivity index (χ1n) is 7.41. The minimum absolute atomic E-state index is 0.0448. The van der Waals surface area contributed by atoms with Gasteiger partial charge in [-0.15, -0.1) is 0 Å². The van der Waals surface area contributed by atoms with E-state index in [1.807, 2.05) is 0 Å². The van der Waals surface area contributed by atoms with Crippen LogP contribution in [-0.2, 0) is 0 Å². The number of carbonyl (C=O) groups excluding carboxylic acids is 1. The van der Waals surface area contributed by atoms with Gasteiger partial charge in [0.25, 0.3) is 5.91 Å². The second-order valence-electron chi connectivity index (χ2n) is 5.46. The number of piperidine rings is 1. The Morgan fingerprint density at radius 1 is 1.35 bits per heavy atom. The molecule has 122 valence electrons. The van der Waals surface area contributed by atoms with Gasteiger partial charge in [0.15, 0.2) is 22.8 Å². The Kier molecular flexibility index (Phi) is 4.29. The predicted octanol–water partition coefficient (Wildman–Crippen LogP) is 1.42. The first-order chi connectivity index (χ1) is 11.1. The van der Waals surface area contributed by atoms with Gasteiger partial charge in [-0.3, -0.25) is 9.59 Å². The lowest BCUT2D eigenvalue weighted by molar-refractivity contribution is 0.0902. The second kappa shape index (κ2) is 6.37. The molecular weight excluding hydrogens is 303 g/mol. The van der Waals surface area contributed by atoms with Crippen molar-refractivity contribution in [2.45, 2.75) is 18.9 Å². The Balaban J connectivity index is 1.93. The van der Waals surface area contributed by atoms with Gasteiger partial charge in [-0.2, -0.15) is 0 Å². The summed E-state index contributed by atoms with van der Waals surface area (Å²) < 4.78 is 24.0. The molecule has 1 amide bonds. The molecule has 1 saturated heterocycles. The van der Waals surface area contributed by atoms with E-state index in [-0.39, 0.29) is 28.5 Å². The van der Waals surface area contributed by atoms with Crippen LogP contribution in [0.1, 0.15) is 23.4 Å². The van der Waals surface area contributed by atoms with Crippen LogP contribution < -0.4 is 20.8 Å². The SMILES string of the molecule is COc1cc2oc(C(=O)NC3CCNCC3)cc(=O)c2cc1F. The molecular formula is C16H17FN2O4. The maximum Gasteiger partial charge on any atom is 0.287 e. The van der Waals surface area contributed by atoms with E-state index in [0.29, 0.717) is 0 Å². The molecule has 1 aliphatic heterocycles. The van der Waals surface area contributed by atoms with Crippen LogP contribution in [0.4, 0.5) is 4.39 Å². The maximum atomic E-state index is 13.7. The molecule has 23 heavy (non-hydrogen) atoms. The van der Waals surface area contributed by atoms with Crippen LogP contribution in [0.5, 0.6) is 5.75 Å². The van der Waals surface area contributed by atoms with Gasteiger partial charge in [0.1, 0.15) is 5.58 Å². The van der Waals surface area contributed by atoms with Gasteiger partial charge in [-0.05, 0) is 32.0 Å². The Morgan fingerprint density at radius 3 is 2.78 bits per heavy atom. The van der Waals surface area contributed by atoms with Crippen LogP contribution in [0.3, 0.4) is 0 Å². The molecule has 1 fully saturated rings. The summed E-state index contributed by atoms with van der Waals surface area (Å²) in [6.07, 6.45) is 1.64. The molecule has 1 aliphatic rings. The molecule has 1 aromatic heterocycles. The van der Waals surface area contributed by atoms with E-state index in [0.717, 1.165) is 38.1 Å². The van der Waals surface area contributed by atoms with Crippen molar-refractivity contribution >= 4 is 16.9 Å². The zero-order valence-electron chi connectivity index (χ0n) is 12.6. The number of carbonyl (C=O) groups is 1. The molecule has 0 radical (unpaired) electrons. The Labute approximate surface area is 131 Å². The molecule has 0 atom stereocenters. The first-order valence-corrected chi connectivity index (χ1v) is 7.41. The van der Waals surface area contributed by atoms with Gasteiger partial charge >= 0.3 is 0 Å². The highest BCUT2D eigenvalue weighted by Gasteiger charge is 2.19. The summed E-state index contributed by atoms with van der Waals surface area (Å²) >= 11 is 0. The average Bonchev–Trinajstić information content (AvgIpc) is 2.55. The van der Waals surface area contributed by atoms with E-state index >= 15 is 0 Å². The van der Waals surface area contributed by atoms with Crippen molar-refractivity contribution in [3.05, 3.63) is 40.0 Å². The number of benzene rings is 1. The van der Waals surface area contributed by atoms with Crippen molar-refractivity contribution in [2.75, 3.05) is 20.2 Å². The van der Waals surface area contributed by atoms with Gasteiger partial charge < -0.3 is 19.8 Å². The smallest absolute Gasteiger partial charge is 0.287 e. The van der Waals surface area contributed by atoms with Crippen molar-refractivity contribution < 1.29 is 18.3 Å². The number of rotatable bonds is 3. The second-order valence-corrected chi connectivity index (χ2v) is 5.46. The fourth-order valence-electron chi connectivity index (χ4n) is 2.65. The minimum Gasteiger partial charge on any atom is -0.494 e. The number of fused-ring (bicyclic) bond motifs is 1. The topological polar surface area (TPSA) is 80.6 Å². The zero-order valence-corrected chi connectivity index (χ0v) is 12.6. The molecule has 0 saturated carbocycles. The van der Waals surface area contributed by atoms with E-state index in [9.17, 15) is 14.0 Å². The Morgan fingerprint density at radius 2 is 2.09 bits per heavy atom. The van der Waals surface area contributed by atoms with Crippen LogP contribution in [0.15, 0.2) is 27.4 Å². The summed E-state index contributed by atoms with van der Waals surface area (Å²) in [6.45, 7) is 1.67. The minimum atomic E-state index is -0.654.